The second-order valence-electron chi connectivity index (χ2n) is 5.70. The van der Waals surface area contributed by atoms with Crippen molar-refractivity contribution in [2.45, 2.75) is 33.3 Å². The Labute approximate surface area is 117 Å². The van der Waals surface area contributed by atoms with Gasteiger partial charge >= 0.3 is 0 Å². The van der Waals surface area contributed by atoms with E-state index in [1.807, 2.05) is 13.8 Å². The van der Waals surface area contributed by atoms with Crippen LogP contribution < -0.4 is 10.5 Å². The molecule has 20 heavy (non-hydrogen) atoms. The van der Waals surface area contributed by atoms with Gasteiger partial charge in [0.25, 0.3) is 0 Å². The van der Waals surface area contributed by atoms with Gasteiger partial charge < -0.3 is 14.9 Å². The molecule has 0 saturated carbocycles. The normalized spacial score (nSPS) is 16.1. The summed E-state index contributed by atoms with van der Waals surface area (Å²) in [5.74, 6) is 0.599. The minimum Gasteiger partial charge on any atom is -0.479 e. The second kappa shape index (κ2) is 3.88. The number of anilines is 1. The molecule has 3 rings (SSSR count). The maximum Gasteiger partial charge on any atom is 0.210 e. The first-order valence-electron chi connectivity index (χ1n) is 6.53. The van der Waals surface area contributed by atoms with Gasteiger partial charge in [0.05, 0.1) is 18.1 Å². The summed E-state index contributed by atoms with van der Waals surface area (Å²) in [5.41, 5.74) is 9.94. The number of hydrogen-bond acceptors (Lipinski definition) is 4. The van der Waals surface area contributed by atoms with Gasteiger partial charge in [-0.2, -0.15) is 0 Å². The van der Waals surface area contributed by atoms with Crippen molar-refractivity contribution in [2.75, 3.05) is 5.73 Å². The van der Waals surface area contributed by atoms with Gasteiger partial charge in [0.2, 0.25) is 5.78 Å². The molecule has 2 heterocycles. The van der Waals surface area contributed by atoms with Gasteiger partial charge in [-0.3, -0.25) is 4.79 Å². The van der Waals surface area contributed by atoms with E-state index in [-0.39, 0.29) is 5.78 Å². The van der Waals surface area contributed by atoms with Crippen LogP contribution in [-0.2, 0) is 0 Å². The SMILES string of the molecule is Cc1c(C)c2c(c(-c3ccoc3)c1N)C(=O)C(C)(C)O2. The number of rotatable bonds is 1. The highest BCUT2D eigenvalue weighted by Crippen LogP contribution is 2.47. The van der Waals surface area contributed by atoms with Gasteiger partial charge in [0.15, 0.2) is 5.60 Å². The topological polar surface area (TPSA) is 65.5 Å². The minimum absolute atomic E-state index is 0.0431. The Morgan fingerprint density at radius 3 is 2.45 bits per heavy atom. The van der Waals surface area contributed by atoms with Crippen molar-refractivity contribution < 1.29 is 13.9 Å². The van der Waals surface area contributed by atoms with E-state index < -0.39 is 5.60 Å². The van der Waals surface area contributed by atoms with Crippen LogP contribution in [0, 0.1) is 13.8 Å². The Hall–Kier alpha value is -2.23. The van der Waals surface area contributed by atoms with E-state index in [1.165, 1.54) is 0 Å². The van der Waals surface area contributed by atoms with Crippen LogP contribution in [0.3, 0.4) is 0 Å². The van der Waals surface area contributed by atoms with Crippen LogP contribution in [0.15, 0.2) is 23.0 Å². The zero-order valence-electron chi connectivity index (χ0n) is 12.0. The number of benzene rings is 1. The molecule has 0 aliphatic carbocycles. The number of hydrogen-bond donors (Lipinski definition) is 1. The molecule has 0 saturated heterocycles. The Kier molecular flexibility index (Phi) is 2.48. The summed E-state index contributed by atoms with van der Waals surface area (Å²) in [6.45, 7) is 7.42. The number of Topliss-reactive ketones (excluding diaryl/α,β-unsaturated/α-hetero) is 1. The highest BCUT2D eigenvalue weighted by Gasteiger charge is 2.43. The molecule has 4 nitrogen and oxygen atoms in total. The van der Waals surface area contributed by atoms with Crippen LogP contribution in [0.4, 0.5) is 5.69 Å². The third-order valence-corrected chi connectivity index (χ3v) is 3.99. The van der Waals surface area contributed by atoms with E-state index in [1.54, 1.807) is 32.4 Å². The smallest absolute Gasteiger partial charge is 0.210 e. The van der Waals surface area contributed by atoms with Crippen molar-refractivity contribution in [3.05, 3.63) is 35.3 Å². The zero-order chi connectivity index (χ0) is 14.7. The largest absolute Gasteiger partial charge is 0.479 e. The molecule has 0 unspecified atom stereocenters. The van der Waals surface area contributed by atoms with Crippen molar-refractivity contribution in [1.29, 1.82) is 0 Å². The van der Waals surface area contributed by atoms with Gasteiger partial charge in [0.1, 0.15) is 5.75 Å². The van der Waals surface area contributed by atoms with E-state index in [0.29, 0.717) is 22.6 Å². The summed E-state index contributed by atoms with van der Waals surface area (Å²) in [6, 6.07) is 1.80. The first kappa shape index (κ1) is 12.8. The molecule has 0 amide bonds. The first-order valence-corrected chi connectivity index (χ1v) is 6.53. The molecule has 0 radical (unpaired) electrons. The van der Waals surface area contributed by atoms with Crippen molar-refractivity contribution in [1.82, 2.24) is 0 Å². The minimum atomic E-state index is -0.855. The molecule has 0 spiro atoms. The van der Waals surface area contributed by atoms with E-state index >= 15 is 0 Å². The predicted octanol–water partition coefficient (Wildman–Crippen LogP) is 3.50. The lowest BCUT2D eigenvalue weighted by atomic mass is 9.88. The van der Waals surface area contributed by atoms with E-state index in [0.717, 1.165) is 16.7 Å². The number of nitrogen functional groups attached to an aromatic ring is 1. The molecule has 1 aliphatic rings. The molecule has 2 aromatic rings. The third-order valence-electron chi connectivity index (χ3n) is 3.99. The van der Waals surface area contributed by atoms with Gasteiger partial charge in [0, 0.05) is 16.8 Å². The standard InChI is InChI=1S/C16H17NO3/c1-8-9(2)14-12(15(18)16(3,4)20-14)11(13(8)17)10-5-6-19-7-10/h5-7H,17H2,1-4H3. The van der Waals surface area contributed by atoms with Crippen LogP contribution >= 0.6 is 0 Å². The monoisotopic (exact) mass is 271 g/mol. The number of carbonyl (C=O) groups is 1. The fourth-order valence-corrected chi connectivity index (χ4v) is 2.65. The van der Waals surface area contributed by atoms with Crippen molar-refractivity contribution >= 4 is 11.5 Å². The molecule has 0 fully saturated rings. The lowest BCUT2D eigenvalue weighted by molar-refractivity contribution is 0.0683. The first-order chi connectivity index (χ1) is 9.34. The summed E-state index contributed by atoms with van der Waals surface area (Å²) in [6.07, 6.45) is 3.17. The maximum absolute atomic E-state index is 12.6. The van der Waals surface area contributed by atoms with E-state index in [4.69, 9.17) is 14.9 Å². The molecule has 2 N–H and O–H groups in total. The molecular weight excluding hydrogens is 254 g/mol. The summed E-state index contributed by atoms with van der Waals surface area (Å²) >= 11 is 0. The second-order valence-corrected chi connectivity index (χ2v) is 5.70. The maximum atomic E-state index is 12.6. The van der Waals surface area contributed by atoms with Crippen LogP contribution in [0.1, 0.15) is 35.3 Å². The number of ketones is 1. The predicted molar refractivity (Wildman–Crippen MR) is 77.1 cm³/mol. The zero-order valence-corrected chi connectivity index (χ0v) is 12.0. The van der Waals surface area contributed by atoms with Gasteiger partial charge in [-0.05, 0) is 44.9 Å². The van der Waals surface area contributed by atoms with E-state index in [2.05, 4.69) is 0 Å². The van der Waals surface area contributed by atoms with Crippen molar-refractivity contribution in [2.24, 2.45) is 0 Å². The van der Waals surface area contributed by atoms with Crippen LogP contribution in [0.25, 0.3) is 11.1 Å². The van der Waals surface area contributed by atoms with Gasteiger partial charge in [-0.15, -0.1) is 0 Å². The Balaban J connectivity index is 2.41. The third kappa shape index (κ3) is 1.51. The molecule has 1 aromatic heterocycles. The number of ether oxygens (including phenoxy) is 1. The summed E-state index contributed by atoms with van der Waals surface area (Å²) < 4.78 is 11.0. The number of nitrogens with two attached hydrogens (primary N) is 1. The Morgan fingerprint density at radius 1 is 1.15 bits per heavy atom. The fourth-order valence-electron chi connectivity index (χ4n) is 2.65. The van der Waals surface area contributed by atoms with Gasteiger partial charge in [-0.1, -0.05) is 0 Å². The summed E-state index contributed by atoms with van der Waals surface area (Å²) in [5, 5.41) is 0. The number of fused-ring (bicyclic) bond motifs is 1. The lowest BCUT2D eigenvalue weighted by Gasteiger charge is -2.16. The molecule has 104 valence electrons. The molecule has 0 atom stereocenters. The number of furan rings is 1. The van der Waals surface area contributed by atoms with Crippen molar-refractivity contribution in [3.8, 4) is 16.9 Å². The molecule has 1 aromatic carbocycles. The van der Waals surface area contributed by atoms with Crippen molar-refractivity contribution in [3.63, 3.8) is 0 Å². The van der Waals surface area contributed by atoms with Crippen LogP contribution in [0.2, 0.25) is 0 Å². The average Bonchev–Trinajstić information content (AvgIpc) is 2.98. The fraction of sp³-hybridized carbons (Fsp3) is 0.312. The highest BCUT2D eigenvalue weighted by molar-refractivity contribution is 6.14. The number of carbonyl (C=O) groups excluding carboxylic acids is 1. The average molecular weight is 271 g/mol. The lowest BCUT2D eigenvalue weighted by Crippen LogP contribution is -2.32. The van der Waals surface area contributed by atoms with Gasteiger partial charge in [-0.25, -0.2) is 0 Å². The molecule has 1 aliphatic heterocycles. The highest BCUT2D eigenvalue weighted by atomic mass is 16.5. The van der Waals surface area contributed by atoms with Crippen LogP contribution in [-0.4, -0.2) is 11.4 Å². The van der Waals surface area contributed by atoms with E-state index in [9.17, 15) is 4.79 Å². The summed E-state index contributed by atoms with van der Waals surface area (Å²) in [4.78, 5) is 12.6. The van der Waals surface area contributed by atoms with Crippen LogP contribution in [0.5, 0.6) is 5.75 Å². The molecule has 0 bridgehead atoms. The quantitative estimate of drug-likeness (QED) is 0.806. The summed E-state index contributed by atoms with van der Waals surface area (Å²) in [7, 11) is 0. The molecular formula is C16H17NO3. The molecule has 4 heteroatoms. The Morgan fingerprint density at radius 2 is 1.85 bits per heavy atom. The Bertz CT molecular complexity index is 712.